The molecule has 144 valence electrons. The number of rotatable bonds is 5. The minimum Gasteiger partial charge on any atom is -0.364 e. The zero-order valence-corrected chi connectivity index (χ0v) is 16.2. The van der Waals surface area contributed by atoms with E-state index in [0.717, 1.165) is 67.5 Å². The first-order chi connectivity index (χ1) is 13.1. The average molecular weight is 368 g/mol. The summed E-state index contributed by atoms with van der Waals surface area (Å²) in [6.07, 6.45) is 5.16. The lowest BCUT2D eigenvalue weighted by molar-refractivity contribution is -0.138. The van der Waals surface area contributed by atoms with Gasteiger partial charge >= 0.3 is 0 Å². The van der Waals surface area contributed by atoms with Crippen molar-refractivity contribution in [2.24, 2.45) is 5.92 Å². The number of amides is 1. The van der Waals surface area contributed by atoms with E-state index < -0.39 is 0 Å². The van der Waals surface area contributed by atoms with E-state index >= 15 is 0 Å². The van der Waals surface area contributed by atoms with Crippen molar-refractivity contribution >= 4 is 11.7 Å². The molecule has 1 amide bonds. The minimum absolute atomic E-state index is 0.259. The van der Waals surface area contributed by atoms with Crippen LogP contribution in [-0.4, -0.2) is 37.1 Å². The number of aromatic nitrogens is 4. The highest BCUT2D eigenvalue weighted by atomic mass is 16.2. The molecule has 0 unspecified atom stereocenters. The van der Waals surface area contributed by atoms with Gasteiger partial charge in [0.05, 0.1) is 24.5 Å². The molecule has 2 aliphatic rings. The standard InChI is InChI=1S/C20H28N6O/c1-3-16-11-19(23-14(2)22-16)21-12-17-10-18-13-25(8-5-9-26(18)24-17)20(27)15-6-4-7-15/h10-11,15H,3-9,12-13H2,1-2H3,(H,21,22,23). The first kappa shape index (κ1) is 17.9. The third-order valence-electron chi connectivity index (χ3n) is 5.53. The van der Waals surface area contributed by atoms with Crippen molar-refractivity contribution in [2.45, 2.75) is 65.6 Å². The summed E-state index contributed by atoms with van der Waals surface area (Å²) in [5.41, 5.74) is 3.15. The van der Waals surface area contributed by atoms with E-state index in [2.05, 4.69) is 33.0 Å². The first-order valence-corrected chi connectivity index (χ1v) is 10.0. The van der Waals surface area contributed by atoms with Crippen molar-refractivity contribution in [3.05, 3.63) is 35.0 Å². The lowest BCUT2D eigenvalue weighted by Gasteiger charge is -2.30. The molecule has 1 N–H and O–H groups in total. The van der Waals surface area contributed by atoms with Gasteiger partial charge in [0.25, 0.3) is 0 Å². The van der Waals surface area contributed by atoms with Crippen molar-refractivity contribution in [3.8, 4) is 0 Å². The Kier molecular flexibility index (Phi) is 5.09. The van der Waals surface area contributed by atoms with Crippen LogP contribution in [0.1, 0.15) is 55.5 Å². The highest BCUT2D eigenvalue weighted by Crippen LogP contribution is 2.29. The monoisotopic (exact) mass is 368 g/mol. The van der Waals surface area contributed by atoms with Crippen molar-refractivity contribution in [1.82, 2.24) is 24.6 Å². The van der Waals surface area contributed by atoms with Crippen LogP contribution in [0.2, 0.25) is 0 Å². The van der Waals surface area contributed by atoms with Gasteiger partial charge in [-0.2, -0.15) is 5.10 Å². The Morgan fingerprint density at radius 3 is 2.78 bits per heavy atom. The van der Waals surface area contributed by atoms with Crippen molar-refractivity contribution in [2.75, 3.05) is 11.9 Å². The molecule has 1 aliphatic carbocycles. The van der Waals surface area contributed by atoms with E-state index in [4.69, 9.17) is 5.10 Å². The van der Waals surface area contributed by atoms with Gasteiger partial charge in [-0.15, -0.1) is 0 Å². The zero-order valence-electron chi connectivity index (χ0n) is 16.2. The third-order valence-corrected chi connectivity index (χ3v) is 5.53. The summed E-state index contributed by atoms with van der Waals surface area (Å²) in [6, 6.07) is 4.11. The molecule has 3 heterocycles. The zero-order chi connectivity index (χ0) is 18.8. The number of anilines is 1. The molecule has 1 fully saturated rings. The number of carbonyl (C=O) groups excluding carboxylic acids is 1. The molecule has 27 heavy (non-hydrogen) atoms. The molecule has 7 nitrogen and oxygen atoms in total. The first-order valence-electron chi connectivity index (χ1n) is 10.0. The Hall–Kier alpha value is -2.44. The van der Waals surface area contributed by atoms with E-state index in [1.165, 1.54) is 6.42 Å². The molecular formula is C20H28N6O. The van der Waals surface area contributed by atoms with Crippen LogP contribution < -0.4 is 5.32 Å². The summed E-state index contributed by atoms with van der Waals surface area (Å²) in [7, 11) is 0. The Bertz CT molecular complexity index is 826. The van der Waals surface area contributed by atoms with Gasteiger partial charge in [-0.3, -0.25) is 9.48 Å². The molecule has 0 atom stereocenters. The largest absolute Gasteiger partial charge is 0.364 e. The Morgan fingerprint density at radius 2 is 2.04 bits per heavy atom. The normalized spacial score (nSPS) is 17.2. The molecular weight excluding hydrogens is 340 g/mol. The SMILES string of the molecule is CCc1cc(NCc2cc3n(n2)CCCN(C(=O)C2CCC2)C3)nc(C)n1. The van der Waals surface area contributed by atoms with Gasteiger partial charge in [-0.25, -0.2) is 9.97 Å². The number of nitrogens with zero attached hydrogens (tertiary/aromatic N) is 5. The summed E-state index contributed by atoms with van der Waals surface area (Å²) in [5.74, 6) is 2.21. The summed E-state index contributed by atoms with van der Waals surface area (Å²) in [6.45, 7) is 7.01. The maximum Gasteiger partial charge on any atom is 0.226 e. The molecule has 1 aliphatic heterocycles. The molecule has 0 aromatic carbocycles. The van der Waals surface area contributed by atoms with Crippen LogP contribution >= 0.6 is 0 Å². The van der Waals surface area contributed by atoms with Crippen LogP contribution in [0.4, 0.5) is 5.82 Å². The van der Waals surface area contributed by atoms with Gasteiger partial charge in [-0.1, -0.05) is 13.3 Å². The van der Waals surface area contributed by atoms with Gasteiger partial charge in [-0.05, 0) is 38.7 Å². The maximum atomic E-state index is 12.6. The van der Waals surface area contributed by atoms with Crippen LogP contribution in [0, 0.1) is 12.8 Å². The molecule has 0 saturated heterocycles. The number of aryl methyl sites for hydroxylation is 3. The van der Waals surface area contributed by atoms with Crippen LogP contribution in [0.5, 0.6) is 0 Å². The van der Waals surface area contributed by atoms with Gasteiger partial charge in [0.1, 0.15) is 11.6 Å². The molecule has 0 spiro atoms. The van der Waals surface area contributed by atoms with E-state index in [9.17, 15) is 4.79 Å². The van der Waals surface area contributed by atoms with Crippen molar-refractivity contribution in [1.29, 1.82) is 0 Å². The number of nitrogens with one attached hydrogen (secondary N) is 1. The summed E-state index contributed by atoms with van der Waals surface area (Å²) in [5, 5.41) is 8.10. The number of hydrogen-bond acceptors (Lipinski definition) is 5. The lowest BCUT2D eigenvalue weighted by Crippen LogP contribution is -2.38. The third kappa shape index (κ3) is 3.96. The second kappa shape index (κ2) is 7.66. The molecule has 7 heteroatoms. The summed E-state index contributed by atoms with van der Waals surface area (Å²) in [4.78, 5) is 23.5. The highest BCUT2D eigenvalue weighted by molar-refractivity contribution is 5.79. The van der Waals surface area contributed by atoms with E-state index in [1.807, 2.05) is 17.9 Å². The van der Waals surface area contributed by atoms with Crippen LogP contribution in [0.25, 0.3) is 0 Å². The Morgan fingerprint density at radius 1 is 1.19 bits per heavy atom. The smallest absolute Gasteiger partial charge is 0.226 e. The summed E-state index contributed by atoms with van der Waals surface area (Å²) < 4.78 is 2.06. The van der Waals surface area contributed by atoms with Crippen molar-refractivity contribution < 1.29 is 4.79 Å². The fraction of sp³-hybridized carbons (Fsp3) is 0.600. The molecule has 0 radical (unpaired) electrons. The molecule has 4 rings (SSSR count). The number of carbonyl (C=O) groups is 1. The molecule has 2 aromatic rings. The van der Waals surface area contributed by atoms with Crippen LogP contribution in [-0.2, 0) is 30.8 Å². The van der Waals surface area contributed by atoms with E-state index in [1.54, 1.807) is 0 Å². The fourth-order valence-electron chi connectivity index (χ4n) is 3.79. The fourth-order valence-corrected chi connectivity index (χ4v) is 3.79. The average Bonchev–Trinajstić information content (AvgIpc) is 2.88. The maximum absolute atomic E-state index is 12.6. The highest BCUT2D eigenvalue weighted by Gasteiger charge is 2.30. The Labute approximate surface area is 160 Å². The number of fused-ring (bicyclic) bond motifs is 1. The van der Waals surface area contributed by atoms with E-state index in [-0.39, 0.29) is 5.92 Å². The molecule has 0 bridgehead atoms. The minimum atomic E-state index is 0.259. The van der Waals surface area contributed by atoms with Crippen molar-refractivity contribution in [3.63, 3.8) is 0 Å². The number of hydrogen-bond donors (Lipinski definition) is 1. The van der Waals surface area contributed by atoms with E-state index in [0.29, 0.717) is 19.0 Å². The predicted octanol–water partition coefficient (Wildman–Crippen LogP) is 2.69. The quantitative estimate of drug-likeness (QED) is 0.878. The van der Waals surface area contributed by atoms with Gasteiger partial charge in [0.15, 0.2) is 0 Å². The summed E-state index contributed by atoms with van der Waals surface area (Å²) >= 11 is 0. The lowest BCUT2D eigenvalue weighted by atomic mass is 9.84. The topological polar surface area (TPSA) is 75.9 Å². The van der Waals surface area contributed by atoms with Gasteiger partial charge in [0, 0.05) is 30.8 Å². The van der Waals surface area contributed by atoms with Crippen LogP contribution in [0.15, 0.2) is 12.1 Å². The molecule has 2 aromatic heterocycles. The van der Waals surface area contributed by atoms with Crippen LogP contribution in [0.3, 0.4) is 0 Å². The second-order valence-electron chi connectivity index (χ2n) is 7.59. The van der Waals surface area contributed by atoms with Gasteiger partial charge in [0.2, 0.25) is 5.91 Å². The van der Waals surface area contributed by atoms with Gasteiger partial charge < -0.3 is 10.2 Å². The Balaban J connectivity index is 1.43. The molecule has 1 saturated carbocycles. The predicted molar refractivity (Wildman–Crippen MR) is 103 cm³/mol. The second-order valence-corrected chi connectivity index (χ2v) is 7.59.